The Morgan fingerprint density at radius 3 is 2.63 bits per heavy atom. The van der Waals surface area contributed by atoms with Crippen molar-refractivity contribution in [1.29, 1.82) is 5.26 Å². The third kappa shape index (κ3) is 3.91. The van der Waals surface area contributed by atoms with Crippen molar-refractivity contribution in [2.45, 2.75) is 13.8 Å². The van der Waals surface area contributed by atoms with E-state index in [-0.39, 0.29) is 5.15 Å². The van der Waals surface area contributed by atoms with E-state index in [1.54, 1.807) is 13.2 Å². The summed E-state index contributed by atoms with van der Waals surface area (Å²) in [4.78, 5) is 4.37. The third-order valence-corrected chi connectivity index (χ3v) is 4.69. The van der Waals surface area contributed by atoms with Gasteiger partial charge < -0.3 is 15.8 Å². The van der Waals surface area contributed by atoms with E-state index >= 15 is 0 Å². The van der Waals surface area contributed by atoms with Gasteiger partial charge in [0.25, 0.3) is 0 Å². The van der Waals surface area contributed by atoms with Crippen LogP contribution in [0.25, 0.3) is 22.0 Å². The van der Waals surface area contributed by atoms with Crippen molar-refractivity contribution in [1.82, 2.24) is 4.98 Å². The third-order valence-electron chi connectivity index (χ3n) is 4.39. The molecule has 0 fully saturated rings. The minimum absolute atomic E-state index is 0.285. The van der Waals surface area contributed by atoms with Gasteiger partial charge in [0.15, 0.2) is 5.15 Å². The Labute approximate surface area is 163 Å². The first-order valence-electron chi connectivity index (χ1n) is 8.53. The maximum Gasteiger partial charge on any atom is 0.152 e. The van der Waals surface area contributed by atoms with Gasteiger partial charge in [0, 0.05) is 17.5 Å². The summed E-state index contributed by atoms with van der Waals surface area (Å²) in [7, 11) is 1.63. The molecule has 0 atom stereocenters. The number of aromatic nitrogens is 1. The monoisotopic (exact) mass is 380 g/mol. The molecule has 0 bridgehead atoms. The van der Waals surface area contributed by atoms with Gasteiger partial charge in [-0.15, -0.1) is 0 Å². The number of methoxy groups -OCH3 is 1. The molecule has 0 unspecified atom stereocenters. The van der Waals surface area contributed by atoms with Crippen molar-refractivity contribution >= 4 is 33.7 Å². The molecule has 0 saturated heterocycles. The first-order chi connectivity index (χ1) is 12.8. The fourth-order valence-electron chi connectivity index (χ4n) is 2.77. The highest BCUT2D eigenvalue weighted by Crippen LogP contribution is 2.36. The largest absolute Gasteiger partial charge is 0.495 e. The van der Waals surface area contributed by atoms with Crippen LogP contribution in [0.15, 0.2) is 42.5 Å². The molecule has 1 aromatic heterocycles. The Hall–Kier alpha value is -2.97. The number of nitrogens with two attached hydrogens (primary N) is 1. The van der Waals surface area contributed by atoms with Crippen molar-refractivity contribution in [2.24, 2.45) is 5.41 Å². The summed E-state index contributed by atoms with van der Waals surface area (Å²) in [6.45, 7) is 4.28. The molecule has 0 radical (unpaired) electrons. The van der Waals surface area contributed by atoms with Gasteiger partial charge in [-0.3, -0.25) is 0 Å². The summed E-state index contributed by atoms with van der Waals surface area (Å²) in [5.41, 5.74) is 8.21. The van der Waals surface area contributed by atoms with E-state index in [2.05, 4.69) is 16.4 Å². The van der Waals surface area contributed by atoms with Gasteiger partial charge in [0.05, 0.1) is 35.7 Å². The molecule has 0 spiro atoms. The second kappa shape index (κ2) is 7.34. The van der Waals surface area contributed by atoms with Crippen molar-refractivity contribution in [2.75, 3.05) is 24.7 Å². The fourth-order valence-corrected chi connectivity index (χ4v) is 2.92. The molecule has 138 valence electrons. The number of nitrogen functional groups attached to an aromatic ring is 1. The normalized spacial score (nSPS) is 11.2. The van der Waals surface area contributed by atoms with Crippen LogP contribution in [0.4, 0.5) is 11.4 Å². The van der Waals surface area contributed by atoms with Gasteiger partial charge in [-0.25, -0.2) is 4.98 Å². The van der Waals surface area contributed by atoms with E-state index in [1.165, 1.54) is 0 Å². The molecule has 5 nitrogen and oxygen atoms in total. The molecular formula is C21H21ClN4O. The number of nitriles is 1. The number of pyridine rings is 1. The number of halogens is 1. The van der Waals surface area contributed by atoms with Gasteiger partial charge in [-0.05, 0) is 43.5 Å². The average molecular weight is 381 g/mol. The second-order valence-electron chi connectivity index (χ2n) is 7.00. The highest BCUT2D eigenvalue weighted by Gasteiger charge is 2.18. The molecule has 6 heteroatoms. The van der Waals surface area contributed by atoms with Crippen LogP contribution in [0.3, 0.4) is 0 Å². The minimum atomic E-state index is -0.503. The number of nitrogens with zero attached hydrogens (tertiary/aromatic N) is 2. The molecule has 0 aliphatic carbocycles. The molecule has 1 heterocycles. The topological polar surface area (TPSA) is 84.0 Å². The van der Waals surface area contributed by atoms with Crippen molar-refractivity contribution < 1.29 is 4.74 Å². The van der Waals surface area contributed by atoms with E-state index in [1.807, 2.05) is 50.2 Å². The first-order valence-corrected chi connectivity index (χ1v) is 8.91. The van der Waals surface area contributed by atoms with Crippen LogP contribution in [0.2, 0.25) is 5.15 Å². The molecule has 3 aromatic rings. The molecule has 27 heavy (non-hydrogen) atoms. The summed E-state index contributed by atoms with van der Waals surface area (Å²) in [6.07, 6.45) is 0. The Balaban J connectivity index is 2.11. The molecule has 3 N–H and O–H groups in total. The van der Waals surface area contributed by atoms with E-state index in [4.69, 9.17) is 22.1 Å². The fraction of sp³-hybridized carbons (Fsp3) is 0.238. The Morgan fingerprint density at radius 2 is 1.96 bits per heavy atom. The lowest BCUT2D eigenvalue weighted by molar-refractivity contribution is 0.416. The van der Waals surface area contributed by atoms with Crippen molar-refractivity contribution in [3.8, 4) is 23.1 Å². The smallest absolute Gasteiger partial charge is 0.152 e. The molecule has 0 aliphatic rings. The van der Waals surface area contributed by atoms with Crippen molar-refractivity contribution in [3.05, 3.63) is 47.6 Å². The predicted molar refractivity (Wildman–Crippen MR) is 111 cm³/mol. The molecule has 0 amide bonds. The maximum atomic E-state index is 9.30. The van der Waals surface area contributed by atoms with E-state index in [0.29, 0.717) is 12.2 Å². The molecular weight excluding hydrogens is 360 g/mol. The number of hydrogen-bond acceptors (Lipinski definition) is 5. The Bertz CT molecular complexity index is 1040. The number of benzene rings is 2. The van der Waals surface area contributed by atoms with Gasteiger partial charge in [-0.2, -0.15) is 5.26 Å². The number of fused-ring (bicyclic) bond motifs is 1. The molecule has 0 aliphatic heterocycles. The zero-order chi connectivity index (χ0) is 19.6. The molecule has 2 aromatic carbocycles. The summed E-state index contributed by atoms with van der Waals surface area (Å²) in [6, 6.07) is 15.9. The number of hydrogen-bond donors (Lipinski definition) is 2. The van der Waals surface area contributed by atoms with Crippen LogP contribution >= 0.6 is 11.6 Å². The quantitative estimate of drug-likeness (QED) is 0.601. The lowest BCUT2D eigenvalue weighted by atomic mass is 9.95. The molecule has 0 saturated carbocycles. The zero-order valence-corrected chi connectivity index (χ0v) is 16.3. The van der Waals surface area contributed by atoms with Crippen LogP contribution < -0.4 is 15.8 Å². The predicted octanol–water partition coefficient (Wildman–Crippen LogP) is 5.11. The minimum Gasteiger partial charge on any atom is -0.495 e. The van der Waals surface area contributed by atoms with E-state index < -0.39 is 5.41 Å². The van der Waals surface area contributed by atoms with Gasteiger partial charge in [-0.1, -0.05) is 29.8 Å². The summed E-state index contributed by atoms with van der Waals surface area (Å²) >= 11 is 6.08. The number of rotatable bonds is 5. The van der Waals surface area contributed by atoms with Gasteiger partial charge in [0.1, 0.15) is 5.75 Å². The highest BCUT2D eigenvalue weighted by atomic mass is 35.5. The summed E-state index contributed by atoms with van der Waals surface area (Å²) < 4.78 is 5.53. The summed E-state index contributed by atoms with van der Waals surface area (Å²) in [5, 5.41) is 15.0. The van der Waals surface area contributed by atoms with Gasteiger partial charge >= 0.3 is 0 Å². The van der Waals surface area contributed by atoms with E-state index in [0.717, 1.165) is 33.5 Å². The van der Waals surface area contributed by atoms with Crippen LogP contribution in [0.1, 0.15) is 13.8 Å². The second-order valence-corrected chi connectivity index (χ2v) is 7.36. The highest BCUT2D eigenvalue weighted by molar-refractivity contribution is 6.31. The van der Waals surface area contributed by atoms with Crippen LogP contribution in [-0.2, 0) is 0 Å². The number of ether oxygens (including phenoxy) is 1. The summed E-state index contributed by atoms with van der Waals surface area (Å²) in [5.74, 6) is 0.719. The van der Waals surface area contributed by atoms with Crippen LogP contribution in [-0.4, -0.2) is 18.6 Å². The Morgan fingerprint density at radius 1 is 1.22 bits per heavy atom. The Kier molecular flexibility index (Phi) is 5.11. The van der Waals surface area contributed by atoms with Crippen molar-refractivity contribution in [3.63, 3.8) is 0 Å². The van der Waals surface area contributed by atoms with Crippen LogP contribution in [0.5, 0.6) is 5.75 Å². The maximum absolute atomic E-state index is 9.30. The number of anilines is 2. The SMILES string of the molecule is COc1ccc2ccc(-c3ccc(N)c(Cl)n3)cc2c1NCC(C)(C)C#N. The number of nitrogens with one attached hydrogen (secondary N) is 1. The zero-order valence-electron chi connectivity index (χ0n) is 15.5. The lowest BCUT2D eigenvalue weighted by Crippen LogP contribution is -2.21. The standard InChI is InChI=1S/C21H21ClN4O/c1-21(2,11-23)12-25-19-15-10-14(17-8-7-16(24)20(22)26-17)5-4-13(15)6-9-18(19)27-3/h4-10,25H,12,24H2,1-3H3. The van der Waals surface area contributed by atoms with E-state index in [9.17, 15) is 5.26 Å². The first kappa shape index (κ1) is 18.8. The van der Waals surface area contributed by atoms with Gasteiger partial charge in [0.2, 0.25) is 0 Å². The van der Waals surface area contributed by atoms with Crippen LogP contribution in [0, 0.1) is 16.7 Å². The lowest BCUT2D eigenvalue weighted by Gasteiger charge is -2.20. The molecule has 3 rings (SSSR count). The average Bonchev–Trinajstić information content (AvgIpc) is 2.67.